The summed E-state index contributed by atoms with van der Waals surface area (Å²) < 4.78 is 12.3. The Kier molecular flexibility index (Phi) is 9.84. The van der Waals surface area contributed by atoms with Crippen molar-refractivity contribution in [3.63, 3.8) is 0 Å². The maximum absolute atomic E-state index is 13.9. The summed E-state index contributed by atoms with van der Waals surface area (Å²) in [5.74, 6) is -1.10. The van der Waals surface area contributed by atoms with Gasteiger partial charge >= 0.3 is 12.0 Å². The third-order valence-corrected chi connectivity index (χ3v) is 8.86. The number of likely N-dealkylation sites (tertiary alicyclic amines) is 1. The number of carbonyl (C=O) groups excluding carboxylic acids is 2. The standard InChI is InChI=1S/C30H34ClN7O9/c1-15-7-10-37(21(39)6-9-32)13-19(15)35(2)26-17-8-11-38(27(17)34-14-33-26)30(45)36(3)18-12-16(31)4-5-20(18)46-29-24(42)22(40)23(41)25(47-29)28(43)44/h4-5,8,11-12,14-15,19,22-25,29,40-42H,6-7,10,13H2,1-3H3,(H,43,44)/t15-,19?,22+,23+,24-,25+,29-/m1/s1. The number of anilines is 2. The van der Waals surface area contributed by atoms with Crippen molar-refractivity contribution in [1.29, 1.82) is 5.26 Å². The number of aliphatic carboxylic acids is 1. The number of carboxylic acid groups (broad SMARTS) is 1. The number of benzene rings is 1. The van der Waals surface area contributed by atoms with Crippen LogP contribution in [0.3, 0.4) is 0 Å². The zero-order chi connectivity index (χ0) is 34.2. The van der Waals surface area contributed by atoms with E-state index in [1.807, 2.05) is 18.0 Å². The second-order valence-corrected chi connectivity index (χ2v) is 12.0. The highest BCUT2D eigenvalue weighted by Crippen LogP contribution is 2.35. The van der Waals surface area contributed by atoms with Crippen molar-refractivity contribution in [2.75, 3.05) is 37.0 Å². The van der Waals surface area contributed by atoms with Gasteiger partial charge in [-0.25, -0.2) is 19.6 Å². The van der Waals surface area contributed by atoms with Crippen molar-refractivity contribution in [2.45, 2.75) is 56.5 Å². The Morgan fingerprint density at radius 2 is 1.89 bits per heavy atom. The van der Waals surface area contributed by atoms with Gasteiger partial charge in [0.15, 0.2) is 11.8 Å². The van der Waals surface area contributed by atoms with Crippen molar-refractivity contribution in [3.8, 4) is 11.8 Å². The number of hydrogen-bond acceptors (Lipinski definition) is 12. The first-order valence-electron chi connectivity index (χ1n) is 14.7. The maximum Gasteiger partial charge on any atom is 0.335 e. The molecule has 0 radical (unpaired) electrons. The molecule has 2 aliphatic rings. The highest BCUT2D eigenvalue weighted by atomic mass is 35.5. The Morgan fingerprint density at radius 1 is 1.15 bits per heavy atom. The number of fused-ring (bicyclic) bond motifs is 1. The fraction of sp³-hybridized carbons (Fsp3) is 0.467. The Labute approximate surface area is 273 Å². The summed E-state index contributed by atoms with van der Waals surface area (Å²) in [6.07, 6.45) is -5.81. The van der Waals surface area contributed by atoms with Crippen LogP contribution in [0.4, 0.5) is 16.3 Å². The van der Waals surface area contributed by atoms with Gasteiger partial charge in [-0.2, -0.15) is 5.26 Å². The number of ether oxygens (including phenoxy) is 2. The molecule has 0 spiro atoms. The van der Waals surface area contributed by atoms with Gasteiger partial charge in [-0.05, 0) is 36.6 Å². The maximum atomic E-state index is 13.9. The molecule has 1 aromatic carbocycles. The normalized spacial score (nSPS) is 26.0. The Balaban J connectivity index is 1.42. The van der Waals surface area contributed by atoms with Gasteiger partial charge in [-0.1, -0.05) is 18.5 Å². The Bertz CT molecular complexity index is 1710. The average molecular weight is 672 g/mol. The first-order chi connectivity index (χ1) is 22.3. The number of nitrogens with zero attached hydrogens (tertiary/aromatic N) is 7. The van der Waals surface area contributed by atoms with Crippen molar-refractivity contribution < 1.29 is 44.3 Å². The van der Waals surface area contributed by atoms with Crippen LogP contribution in [0, 0.1) is 17.2 Å². The fourth-order valence-corrected chi connectivity index (χ4v) is 6.05. The van der Waals surface area contributed by atoms with Gasteiger partial charge in [0.05, 0.1) is 23.2 Å². The lowest BCUT2D eigenvalue weighted by Crippen LogP contribution is -2.61. The third-order valence-electron chi connectivity index (χ3n) is 8.62. The minimum absolute atomic E-state index is 0.0460. The summed E-state index contributed by atoms with van der Waals surface area (Å²) in [6.45, 7) is 3.06. The Hall–Kier alpha value is -4.53. The predicted octanol–water partition coefficient (Wildman–Crippen LogP) is 1.05. The number of likely N-dealkylation sites (N-methyl/N-ethyl adjacent to an activating group) is 1. The monoisotopic (exact) mass is 671 g/mol. The molecule has 0 saturated carbocycles. The molecule has 4 heterocycles. The molecule has 2 amide bonds. The fourth-order valence-electron chi connectivity index (χ4n) is 5.88. The minimum atomic E-state index is -1.91. The lowest BCUT2D eigenvalue weighted by Gasteiger charge is -2.42. The van der Waals surface area contributed by atoms with E-state index in [0.29, 0.717) is 24.3 Å². The number of aliphatic hydroxyl groups excluding tert-OH is 3. The molecule has 0 bridgehead atoms. The van der Waals surface area contributed by atoms with Gasteiger partial charge in [0.25, 0.3) is 0 Å². The number of rotatable bonds is 7. The first kappa shape index (κ1) is 33.8. The van der Waals surface area contributed by atoms with E-state index < -0.39 is 42.7 Å². The number of halogens is 1. The molecular weight excluding hydrogens is 638 g/mol. The highest BCUT2D eigenvalue weighted by molar-refractivity contribution is 6.31. The van der Waals surface area contributed by atoms with Crippen molar-refractivity contribution in [3.05, 3.63) is 41.8 Å². The number of piperidine rings is 1. The molecule has 2 saturated heterocycles. The van der Waals surface area contributed by atoms with Crippen LogP contribution in [-0.4, -0.2) is 122 Å². The van der Waals surface area contributed by atoms with E-state index >= 15 is 0 Å². The number of aromatic nitrogens is 3. The predicted molar refractivity (Wildman–Crippen MR) is 166 cm³/mol. The van der Waals surface area contributed by atoms with Crippen LogP contribution in [0.5, 0.6) is 5.75 Å². The summed E-state index contributed by atoms with van der Waals surface area (Å²) in [5.41, 5.74) is 0.397. The molecule has 4 N–H and O–H groups in total. The van der Waals surface area contributed by atoms with Crippen LogP contribution in [0.1, 0.15) is 19.8 Å². The van der Waals surface area contributed by atoms with Crippen LogP contribution in [-0.2, 0) is 14.3 Å². The van der Waals surface area contributed by atoms with E-state index in [1.165, 1.54) is 47.2 Å². The second kappa shape index (κ2) is 13.7. The summed E-state index contributed by atoms with van der Waals surface area (Å²) in [7, 11) is 3.29. The molecule has 0 aliphatic carbocycles. The molecule has 3 aromatic rings. The number of carboxylic acids is 1. The third kappa shape index (κ3) is 6.53. The number of hydrogen-bond donors (Lipinski definition) is 4. The lowest BCUT2D eigenvalue weighted by molar-refractivity contribution is -0.271. The summed E-state index contributed by atoms with van der Waals surface area (Å²) in [4.78, 5) is 51.6. The molecule has 1 unspecified atom stereocenters. The molecule has 2 aliphatic heterocycles. The summed E-state index contributed by atoms with van der Waals surface area (Å²) >= 11 is 6.25. The molecular formula is C30H34ClN7O9. The number of nitriles is 1. The molecule has 250 valence electrons. The van der Waals surface area contributed by atoms with E-state index in [0.717, 1.165) is 6.42 Å². The summed E-state index contributed by atoms with van der Waals surface area (Å²) in [5, 5.41) is 49.9. The number of amides is 2. The average Bonchev–Trinajstić information content (AvgIpc) is 3.49. The first-order valence-corrected chi connectivity index (χ1v) is 15.1. The van der Waals surface area contributed by atoms with E-state index in [2.05, 4.69) is 16.9 Å². The lowest BCUT2D eigenvalue weighted by atomic mass is 9.92. The van der Waals surface area contributed by atoms with E-state index in [9.17, 15) is 34.8 Å². The van der Waals surface area contributed by atoms with Crippen LogP contribution in [0.15, 0.2) is 36.8 Å². The largest absolute Gasteiger partial charge is 0.479 e. The molecule has 47 heavy (non-hydrogen) atoms. The Morgan fingerprint density at radius 3 is 2.60 bits per heavy atom. The van der Waals surface area contributed by atoms with Gasteiger partial charge in [-0.15, -0.1) is 0 Å². The van der Waals surface area contributed by atoms with Crippen LogP contribution >= 0.6 is 11.6 Å². The smallest absolute Gasteiger partial charge is 0.335 e. The molecule has 16 nitrogen and oxygen atoms in total. The quantitative estimate of drug-likeness (QED) is 0.277. The number of aliphatic hydroxyl groups is 3. The summed E-state index contributed by atoms with van der Waals surface area (Å²) in [6, 6.07) is 7.12. The zero-order valence-corrected chi connectivity index (χ0v) is 26.4. The second-order valence-electron chi connectivity index (χ2n) is 11.5. The zero-order valence-electron chi connectivity index (χ0n) is 25.7. The van der Waals surface area contributed by atoms with Crippen LogP contribution in [0.2, 0.25) is 5.02 Å². The van der Waals surface area contributed by atoms with Crippen LogP contribution in [0.25, 0.3) is 11.0 Å². The van der Waals surface area contributed by atoms with Gasteiger partial charge in [0, 0.05) is 38.4 Å². The molecule has 2 fully saturated rings. The topological polar surface area (TPSA) is 215 Å². The van der Waals surface area contributed by atoms with Crippen LogP contribution < -0.4 is 14.5 Å². The SMILES string of the molecule is C[C@@H]1CCN(C(=O)CC#N)CC1N(C)c1ncnc2c1ccn2C(=O)N(C)c1cc(Cl)ccc1O[C@@H]1O[C@H](C(=O)O)[C@@H](O)[C@H](O)[C@H]1O. The van der Waals surface area contributed by atoms with Gasteiger partial charge in [0.1, 0.15) is 42.6 Å². The van der Waals surface area contributed by atoms with E-state index in [-0.39, 0.29) is 46.4 Å². The van der Waals surface area contributed by atoms with Crippen molar-refractivity contribution in [1.82, 2.24) is 19.4 Å². The molecule has 2 aromatic heterocycles. The van der Waals surface area contributed by atoms with Gasteiger partial charge in [-0.3, -0.25) is 14.3 Å². The van der Waals surface area contributed by atoms with Crippen molar-refractivity contribution >= 4 is 52.0 Å². The molecule has 5 rings (SSSR count). The van der Waals surface area contributed by atoms with Gasteiger partial charge < -0.3 is 39.7 Å². The highest BCUT2D eigenvalue weighted by Gasteiger charge is 2.48. The minimum Gasteiger partial charge on any atom is -0.479 e. The number of carbonyl (C=O) groups is 3. The van der Waals surface area contributed by atoms with E-state index in [1.54, 1.807) is 11.0 Å². The van der Waals surface area contributed by atoms with E-state index in [4.69, 9.17) is 26.3 Å². The van der Waals surface area contributed by atoms with Gasteiger partial charge in [0.2, 0.25) is 12.2 Å². The molecule has 7 atom stereocenters. The van der Waals surface area contributed by atoms with Crippen molar-refractivity contribution in [2.24, 2.45) is 5.92 Å². The molecule has 17 heteroatoms.